The average molecular weight is 367 g/mol. The minimum atomic E-state index is -0.635. The summed E-state index contributed by atoms with van der Waals surface area (Å²) in [4.78, 5) is 23.7. The lowest BCUT2D eigenvalue weighted by atomic mass is 10.1. The second-order valence-electron chi connectivity index (χ2n) is 7.00. The molecule has 1 aromatic heterocycles. The van der Waals surface area contributed by atoms with E-state index in [0.29, 0.717) is 16.6 Å². The van der Waals surface area contributed by atoms with Crippen molar-refractivity contribution in [2.24, 2.45) is 0 Å². The van der Waals surface area contributed by atoms with Gasteiger partial charge in [-0.1, -0.05) is 6.07 Å². The molecule has 6 heteroatoms. The maximum absolute atomic E-state index is 14.1. The Morgan fingerprint density at radius 1 is 1.04 bits per heavy atom. The highest BCUT2D eigenvalue weighted by Gasteiger charge is 2.33. The summed E-state index contributed by atoms with van der Waals surface area (Å²) < 4.78 is 27.2. The maximum Gasteiger partial charge on any atom is 0.254 e. The highest BCUT2D eigenvalue weighted by molar-refractivity contribution is 5.97. The summed E-state index contributed by atoms with van der Waals surface area (Å²) in [5.41, 5.74) is 3.87. The number of aryl methyl sites for hydroxylation is 2. The van der Waals surface area contributed by atoms with Crippen LogP contribution in [0.5, 0.6) is 0 Å². The lowest BCUT2D eigenvalue weighted by molar-refractivity contribution is 0.0728. The molecule has 4 nitrogen and oxygen atoms in total. The summed E-state index contributed by atoms with van der Waals surface area (Å²) in [6, 6.07) is 8.78. The number of amides is 1. The molecule has 1 amide bonds. The van der Waals surface area contributed by atoms with Crippen LogP contribution in [0.2, 0.25) is 0 Å². The van der Waals surface area contributed by atoms with Gasteiger partial charge in [-0.15, -0.1) is 0 Å². The van der Waals surface area contributed by atoms with Gasteiger partial charge in [0.25, 0.3) is 5.91 Å². The van der Waals surface area contributed by atoms with Gasteiger partial charge in [-0.2, -0.15) is 0 Å². The molecule has 1 saturated carbocycles. The van der Waals surface area contributed by atoms with Gasteiger partial charge in [-0.25, -0.2) is 18.7 Å². The van der Waals surface area contributed by atoms with Crippen molar-refractivity contribution in [3.05, 3.63) is 70.5 Å². The van der Waals surface area contributed by atoms with Crippen LogP contribution < -0.4 is 0 Å². The third-order valence-electron chi connectivity index (χ3n) is 4.93. The van der Waals surface area contributed by atoms with Crippen molar-refractivity contribution >= 4 is 16.9 Å². The van der Waals surface area contributed by atoms with Crippen LogP contribution in [0, 0.1) is 25.5 Å². The van der Waals surface area contributed by atoms with Gasteiger partial charge in [0.2, 0.25) is 0 Å². The van der Waals surface area contributed by atoms with Gasteiger partial charge in [0.15, 0.2) is 0 Å². The number of hydrogen-bond donors (Lipinski definition) is 0. The molecule has 0 aliphatic heterocycles. The molecule has 0 saturated heterocycles. The van der Waals surface area contributed by atoms with Gasteiger partial charge < -0.3 is 4.90 Å². The van der Waals surface area contributed by atoms with Crippen molar-refractivity contribution in [3.63, 3.8) is 0 Å². The monoisotopic (exact) mass is 367 g/mol. The van der Waals surface area contributed by atoms with E-state index in [1.165, 1.54) is 12.1 Å². The Kier molecular flexibility index (Phi) is 4.34. The van der Waals surface area contributed by atoms with E-state index in [1.54, 1.807) is 23.1 Å². The molecule has 1 fully saturated rings. The van der Waals surface area contributed by atoms with Crippen LogP contribution in [0.15, 0.2) is 36.4 Å². The first-order valence-electron chi connectivity index (χ1n) is 8.92. The lowest BCUT2D eigenvalue weighted by Gasteiger charge is -2.23. The Labute approximate surface area is 155 Å². The van der Waals surface area contributed by atoms with Crippen LogP contribution in [0.3, 0.4) is 0 Å². The molecule has 0 spiro atoms. The minimum absolute atomic E-state index is 0.0866. The van der Waals surface area contributed by atoms with Gasteiger partial charge in [-0.05, 0) is 51.0 Å². The molecular formula is C21H19F2N3O. The largest absolute Gasteiger partial charge is 0.331 e. The number of fused-ring (bicyclic) bond motifs is 1. The Morgan fingerprint density at radius 2 is 1.74 bits per heavy atom. The molecular weight excluding hydrogens is 348 g/mol. The fraction of sp³-hybridized carbons (Fsp3) is 0.286. The smallest absolute Gasteiger partial charge is 0.254 e. The second kappa shape index (κ2) is 6.68. The standard InChI is InChI=1S/C21H19F2N3O/c1-12-13(2)25-20-9-14(4-8-19(20)24-12)21(27)26(17-6-7-17)11-15-3-5-16(22)10-18(15)23/h3-5,8-10,17H,6-7,11H2,1-2H3. The molecule has 0 bridgehead atoms. The van der Waals surface area contributed by atoms with E-state index < -0.39 is 11.6 Å². The molecule has 1 aliphatic rings. The summed E-state index contributed by atoms with van der Waals surface area (Å²) in [6.45, 7) is 3.89. The van der Waals surface area contributed by atoms with Crippen LogP contribution in [0.25, 0.3) is 11.0 Å². The molecule has 4 rings (SSSR count). The van der Waals surface area contributed by atoms with Crippen molar-refractivity contribution in [1.29, 1.82) is 0 Å². The fourth-order valence-electron chi connectivity index (χ4n) is 3.12. The number of carbonyl (C=O) groups excluding carboxylic acids is 1. The quantitative estimate of drug-likeness (QED) is 0.690. The van der Waals surface area contributed by atoms with Gasteiger partial charge in [0, 0.05) is 29.8 Å². The summed E-state index contributed by atoms with van der Waals surface area (Å²) in [5.74, 6) is -1.44. The normalized spacial score (nSPS) is 13.8. The third-order valence-corrected chi connectivity index (χ3v) is 4.93. The van der Waals surface area contributed by atoms with E-state index >= 15 is 0 Å². The number of nitrogens with zero attached hydrogens (tertiary/aromatic N) is 3. The van der Waals surface area contributed by atoms with E-state index in [2.05, 4.69) is 9.97 Å². The van der Waals surface area contributed by atoms with Crippen molar-refractivity contribution in [1.82, 2.24) is 14.9 Å². The molecule has 3 aromatic rings. The second-order valence-corrected chi connectivity index (χ2v) is 7.00. The van der Waals surface area contributed by atoms with Gasteiger partial charge in [0.1, 0.15) is 11.6 Å². The predicted octanol–water partition coefficient (Wildman–Crippen LogP) is 4.33. The molecule has 0 radical (unpaired) electrons. The molecule has 0 atom stereocenters. The SMILES string of the molecule is Cc1nc2ccc(C(=O)N(Cc3ccc(F)cc3F)C3CC3)cc2nc1C. The van der Waals surface area contributed by atoms with Crippen molar-refractivity contribution in [2.45, 2.75) is 39.3 Å². The van der Waals surface area contributed by atoms with Gasteiger partial charge in [-0.3, -0.25) is 4.79 Å². The van der Waals surface area contributed by atoms with Crippen molar-refractivity contribution in [3.8, 4) is 0 Å². The summed E-state index contributed by atoms with van der Waals surface area (Å²) in [6.07, 6.45) is 1.78. The fourth-order valence-corrected chi connectivity index (χ4v) is 3.12. The highest BCUT2D eigenvalue weighted by atomic mass is 19.1. The minimum Gasteiger partial charge on any atom is -0.331 e. The maximum atomic E-state index is 14.1. The van der Waals surface area contributed by atoms with E-state index in [1.807, 2.05) is 13.8 Å². The average Bonchev–Trinajstić information content (AvgIpc) is 3.46. The van der Waals surface area contributed by atoms with Crippen LogP contribution in [0.1, 0.15) is 40.2 Å². The highest BCUT2D eigenvalue weighted by Crippen LogP contribution is 2.31. The zero-order valence-electron chi connectivity index (χ0n) is 15.2. The molecule has 138 valence electrons. The van der Waals surface area contributed by atoms with Crippen molar-refractivity contribution < 1.29 is 13.6 Å². The Morgan fingerprint density at radius 3 is 2.41 bits per heavy atom. The van der Waals surface area contributed by atoms with Crippen LogP contribution in [-0.2, 0) is 6.54 Å². The Hall–Kier alpha value is -2.89. The summed E-state index contributed by atoms with van der Waals surface area (Å²) >= 11 is 0. The molecule has 27 heavy (non-hydrogen) atoms. The van der Waals surface area contributed by atoms with E-state index in [0.717, 1.165) is 35.8 Å². The topological polar surface area (TPSA) is 46.1 Å². The van der Waals surface area contributed by atoms with E-state index in [4.69, 9.17) is 0 Å². The zero-order valence-corrected chi connectivity index (χ0v) is 15.2. The van der Waals surface area contributed by atoms with E-state index in [-0.39, 0.29) is 18.5 Å². The molecule has 1 heterocycles. The molecule has 1 aliphatic carbocycles. The van der Waals surface area contributed by atoms with Gasteiger partial charge >= 0.3 is 0 Å². The Balaban J connectivity index is 1.66. The number of benzene rings is 2. The van der Waals surface area contributed by atoms with E-state index in [9.17, 15) is 13.6 Å². The number of carbonyl (C=O) groups is 1. The number of hydrogen-bond acceptors (Lipinski definition) is 3. The third kappa shape index (κ3) is 3.52. The predicted molar refractivity (Wildman–Crippen MR) is 98.3 cm³/mol. The molecule has 2 aromatic carbocycles. The number of halogens is 2. The lowest BCUT2D eigenvalue weighted by Crippen LogP contribution is -2.33. The van der Waals surface area contributed by atoms with Gasteiger partial charge in [0.05, 0.1) is 22.4 Å². The summed E-state index contributed by atoms with van der Waals surface area (Å²) in [7, 11) is 0. The van der Waals surface area contributed by atoms with Crippen LogP contribution in [0.4, 0.5) is 8.78 Å². The Bertz CT molecular complexity index is 1050. The van der Waals surface area contributed by atoms with Crippen LogP contribution >= 0.6 is 0 Å². The first kappa shape index (κ1) is 17.5. The first-order chi connectivity index (χ1) is 12.9. The number of aromatic nitrogens is 2. The first-order valence-corrected chi connectivity index (χ1v) is 8.92. The zero-order chi connectivity index (χ0) is 19.1. The molecule has 0 unspecified atom stereocenters. The molecule has 0 N–H and O–H groups in total. The number of rotatable bonds is 4. The van der Waals surface area contributed by atoms with Crippen LogP contribution in [-0.4, -0.2) is 26.8 Å². The van der Waals surface area contributed by atoms with Crippen molar-refractivity contribution in [2.75, 3.05) is 0 Å². The summed E-state index contributed by atoms with van der Waals surface area (Å²) in [5, 5.41) is 0.